The van der Waals surface area contributed by atoms with E-state index in [0.717, 1.165) is 15.6 Å². The fourth-order valence-electron chi connectivity index (χ4n) is 2.41. The van der Waals surface area contributed by atoms with Gasteiger partial charge in [-0.1, -0.05) is 0 Å². The summed E-state index contributed by atoms with van der Waals surface area (Å²) in [7, 11) is -0.505. The van der Waals surface area contributed by atoms with Crippen molar-refractivity contribution in [3.8, 4) is 0 Å². The molecule has 0 aromatic carbocycles. The zero-order chi connectivity index (χ0) is 17.4. The van der Waals surface area contributed by atoms with Crippen LogP contribution in [0.1, 0.15) is 62.4 Å². The molecule has 0 bridgehead atoms. The summed E-state index contributed by atoms with van der Waals surface area (Å²) < 4.78 is 17.4. The lowest BCUT2D eigenvalue weighted by Crippen LogP contribution is -2.41. The standard InChI is InChI=1S/C16H26BNO4S/c1-8-20-13(19)9-12(14-18-10(2)11(3)23-14)17-21-15(4,5)16(6,7)22-17/h12H,8-9H2,1-7H3. The third kappa shape index (κ3) is 3.78. The molecule has 0 aliphatic carbocycles. The van der Waals surface area contributed by atoms with Crippen LogP contribution in [0.2, 0.25) is 0 Å². The summed E-state index contributed by atoms with van der Waals surface area (Å²) in [5.74, 6) is -0.509. The highest BCUT2D eigenvalue weighted by Crippen LogP contribution is 2.42. The van der Waals surface area contributed by atoms with Crippen LogP contribution < -0.4 is 0 Å². The molecule has 1 aromatic rings. The zero-order valence-electron chi connectivity index (χ0n) is 15.1. The van der Waals surface area contributed by atoms with Gasteiger partial charge in [0.1, 0.15) is 0 Å². The van der Waals surface area contributed by atoms with Gasteiger partial charge in [-0.05, 0) is 48.5 Å². The van der Waals surface area contributed by atoms with Gasteiger partial charge < -0.3 is 14.0 Å². The first-order valence-corrected chi connectivity index (χ1v) is 8.84. The van der Waals surface area contributed by atoms with E-state index in [2.05, 4.69) is 4.98 Å². The van der Waals surface area contributed by atoms with Gasteiger partial charge in [0.25, 0.3) is 0 Å². The molecule has 23 heavy (non-hydrogen) atoms. The van der Waals surface area contributed by atoms with E-state index in [1.165, 1.54) is 0 Å². The van der Waals surface area contributed by atoms with Crippen molar-refractivity contribution >= 4 is 24.4 Å². The third-order valence-corrected chi connectivity index (χ3v) is 5.86. The summed E-state index contributed by atoms with van der Waals surface area (Å²) in [4.78, 5) is 17.8. The van der Waals surface area contributed by atoms with E-state index in [-0.39, 0.29) is 18.2 Å². The van der Waals surface area contributed by atoms with Crippen LogP contribution >= 0.6 is 11.3 Å². The maximum atomic E-state index is 12.0. The Balaban J connectivity index is 2.29. The van der Waals surface area contributed by atoms with Gasteiger partial charge in [0.05, 0.1) is 40.7 Å². The second-order valence-corrected chi connectivity index (χ2v) is 8.17. The number of carbonyl (C=O) groups is 1. The molecule has 1 aliphatic rings. The summed E-state index contributed by atoms with van der Waals surface area (Å²) in [6.45, 7) is 14.2. The van der Waals surface area contributed by atoms with Crippen LogP contribution in [0.25, 0.3) is 0 Å². The van der Waals surface area contributed by atoms with Gasteiger partial charge in [0, 0.05) is 4.88 Å². The van der Waals surface area contributed by atoms with Gasteiger partial charge in [-0.15, -0.1) is 11.3 Å². The number of nitrogens with zero attached hydrogens (tertiary/aromatic N) is 1. The lowest BCUT2D eigenvalue weighted by molar-refractivity contribution is -0.143. The van der Waals surface area contributed by atoms with E-state index >= 15 is 0 Å². The molecule has 0 amide bonds. The predicted octanol–water partition coefficient (Wildman–Crippen LogP) is 3.43. The molecule has 1 saturated heterocycles. The lowest BCUT2D eigenvalue weighted by Gasteiger charge is -2.32. The Kier molecular flexibility index (Phi) is 5.23. The predicted molar refractivity (Wildman–Crippen MR) is 91.7 cm³/mol. The molecule has 1 unspecified atom stereocenters. The Hall–Kier alpha value is -0.915. The van der Waals surface area contributed by atoms with Crippen molar-refractivity contribution in [2.75, 3.05) is 6.61 Å². The van der Waals surface area contributed by atoms with Crippen molar-refractivity contribution in [2.45, 2.75) is 71.9 Å². The van der Waals surface area contributed by atoms with Crippen molar-refractivity contribution in [3.63, 3.8) is 0 Å². The summed E-state index contributed by atoms with van der Waals surface area (Å²) in [5.41, 5.74) is 0.105. The molecule has 7 heteroatoms. The molecule has 1 aliphatic heterocycles. The van der Waals surface area contributed by atoms with Crippen molar-refractivity contribution < 1.29 is 18.8 Å². The highest BCUT2D eigenvalue weighted by Gasteiger charge is 2.55. The summed E-state index contributed by atoms with van der Waals surface area (Å²) in [5, 5.41) is 0.867. The first-order chi connectivity index (χ1) is 10.6. The van der Waals surface area contributed by atoms with E-state index < -0.39 is 18.3 Å². The van der Waals surface area contributed by atoms with Gasteiger partial charge in [-0.25, -0.2) is 4.98 Å². The smallest absolute Gasteiger partial charge is 0.466 e. The fourth-order valence-corrected chi connectivity index (χ4v) is 3.44. The fraction of sp³-hybridized carbons (Fsp3) is 0.750. The van der Waals surface area contributed by atoms with Crippen molar-refractivity contribution in [1.82, 2.24) is 4.98 Å². The Morgan fingerprint density at radius 2 is 1.83 bits per heavy atom. The highest BCUT2D eigenvalue weighted by atomic mass is 32.1. The van der Waals surface area contributed by atoms with Gasteiger partial charge in [-0.2, -0.15) is 0 Å². The summed E-state index contributed by atoms with van der Waals surface area (Å²) in [6.07, 6.45) is 0.205. The highest BCUT2D eigenvalue weighted by molar-refractivity contribution is 7.12. The van der Waals surface area contributed by atoms with Gasteiger partial charge in [0.2, 0.25) is 0 Å². The van der Waals surface area contributed by atoms with Gasteiger partial charge in [-0.3, -0.25) is 4.79 Å². The Morgan fingerprint density at radius 3 is 2.26 bits per heavy atom. The largest absolute Gasteiger partial charge is 0.468 e. The molecule has 0 radical (unpaired) electrons. The number of aryl methyl sites for hydroxylation is 2. The van der Waals surface area contributed by atoms with Crippen LogP contribution in [-0.2, 0) is 18.8 Å². The molecule has 5 nitrogen and oxygen atoms in total. The molecule has 2 heterocycles. The number of aromatic nitrogens is 1. The van der Waals surface area contributed by atoms with E-state index in [0.29, 0.717) is 6.61 Å². The number of thiazole rings is 1. The van der Waals surface area contributed by atoms with Crippen LogP contribution in [0.4, 0.5) is 0 Å². The molecular formula is C16H26BNO4S. The number of carbonyl (C=O) groups excluding carboxylic acids is 1. The minimum atomic E-state index is -0.505. The minimum Gasteiger partial charge on any atom is -0.466 e. The number of rotatable bonds is 5. The van der Waals surface area contributed by atoms with Crippen LogP contribution in [-0.4, -0.2) is 35.9 Å². The molecule has 1 atom stereocenters. The molecule has 128 valence electrons. The maximum absolute atomic E-state index is 12.0. The van der Waals surface area contributed by atoms with Crippen molar-refractivity contribution in [1.29, 1.82) is 0 Å². The normalized spacial score (nSPS) is 20.6. The minimum absolute atomic E-state index is 0.205. The molecular weight excluding hydrogens is 313 g/mol. The van der Waals surface area contributed by atoms with Crippen LogP contribution in [0.5, 0.6) is 0 Å². The Bertz CT molecular complexity index is 549. The second kappa shape index (κ2) is 6.53. The number of esters is 1. The topological polar surface area (TPSA) is 57.7 Å². The molecule has 0 saturated carbocycles. The first kappa shape index (κ1) is 18.4. The van der Waals surface area contributed by atoms with Crippen molar-refractivity contribution in [3.05, 3.63) is 15.6 Å². The molecule has 0 N–H and O–H groups in total. The van der Waals surface area contributed by atoms with Gasteiger partial charge in [0.15, 0.2) is 0 Å². The van der Waals surface area contributed by atoms with E-state index in [1.807, 2.05) is 41.5 Å². The van der Waals surface area contributed by atoms with Crippen LogP contribution in [0.15, 0.2) is 0 Å². The Labute approximate surface area is 142 Å². The Morgan fingerprint density at radius 1 is 1.26 bits per heavy atom. The third-order valence-electron chi connectivity index (χ3n) is 4.65. The van der Waals surface area contributed by atoms with E-state index in [1.54, 1.807) is 18.3 Å². The first-order valence-electron chi connectivity index (χ1n) is 8.02. The SMILES string of the molecule is CCOC(=O)CC(B1OC(C)(C)C(C)(C)O1)c1nc(C)c(C)s1. The van der Waals surface area contributed by atoms with Crippen LogP contribution in [0, 0.1) is 13.8 Å². The average molecular weight is 339 g/mol. The maximum Gasteiger partial charge on any atom is 0.468 e. The molecule has 0 spiro atoms. The number of hydrogen-bond donors (Lipinski definition) is 0. The van der Waals surface area contributed by atoms with Gasteiger partial charge >= 0.3 is 13.1 Å². The average Bonchev–Trinajstić information content (AvgIpc) is 2.84. The molecule has 1 fully saturated rings. The number of ether oxygens (including phenoxy) is 1. The van der Waals surface area contributed by atoms with Crippen molar-refractivity contribution in [2.24, 2.45) is 0 Å². The van der Waals surface area contributed by atoms with E-state index in [4.69, 9.17) is 14.0 Å². The zero-order valence-corrected chi connectivity index (χ0v) is 15.9. The van der Waals surface area contributed by atoms with Crippen LogP contribution in [0.3, 0.4) is 0 Å². The summed E-state index contributed by atoms with van der Waals surface area (Å²) in [6, 6.07) is 0. The second-order valence-electron chi connectivity index (χ2n) is 6.93. The quantitative estimate of drug-likeness (QED) is 0.608. The lowest BCUT2D eigenvalue weighted by atomic mass is 9.70. The summed E-state index contributed by atoms with van der Waals surface area (Å²) >= 11 is 1.59. The monoisotopic (exact) mass is 339 g/mol. The number of hydrogen-bond acceptors (Lipinski definition) is 6. The van der Waals surface area contributed by atoms with E-state index in [9.17, 15) is 4.79 Å². The molecule has 1 aromatic heterocycles. The molecule has 2 rings (SSSR count).